The highest BCUT2D eigenvalue weighted by Gasteiger charge is 2.32. The maximum atomic E-state index is 12.4. The molecule has 0 spiro atoms. The first-order chi connectivity index (χ1) is 8.72. The molecule has 4 atom stereocenters. The fourth-order valence-corrected chi connectivity index (χ4v) is 4.66. The second-order valence-electron chi connectivity index (χ2n) is 5.22. The first-order valence-electron chi connectivity index (χ1n) is 7.32. The summed E-state index contributed by atoms with van der Waals surface area (Å²) in [6, 6.07) is 0.459. The van der Waals surface area contributed by atoms with E-state index in [9.17, 15) is 4.21 Å². The van der Waals surface area contributed by atoms with E-state index >= 15 is 0 Å². The molecular formula is C14H29NO2S. The third-order valence-corrected chi connectivity index (χ3v) is 5.86. The Hall–Kier alpha value is 0.0700. The van der Waals surface area contributed by atoms with Gasteiger partial charge in [0.15, 0.2) is 0 Å². The van der Waals surface area contributed by atoms with E-state index in [-0.39, 0.29) is 0 Å². The molecule has 0 aromatic heterocycles. The summed E-state index contributed by atoms with van der Waals surface area (Å²) in [5.41, 5.74) is 0. The van der Waals surface area contributed by atoms with E-state index in [0.717, 1.165) is 37.7 Å². The van der Waals surface area contributed by atoms with Crippen molar-refractivity contribution in [3.8, 4) is 0 Å². The predicted molar refractivity (Wildman–Crippen MR) is 78.4 cm³/mol. The number of nitrogens with one attached hydrogen (secondary N) is 1. The van der Waals surface area contributed by atoms with Crippen LogP contribution in [0.1, 0.15) is 46.0 Å². The Morgan fingerprint density at radius 2 is 2.11 bits per heavy atom. The summed E-state index contributed by atoms with van der Waals surface area (Å²) in [7, 11) is 1.00. The second-order valence-corrected chi connectivity index (χ2v) is 7.00. The zero-order valence-corrected chi connectivity index (χ0v) is 12.9. The maximum absolute atomic E-state index is 12.4. The molecule has 1 aliphatic carbocycles. The Kier molecular flexibility index (Phi) is 8.11. The van der Waals surface area contributed by atoms with Gasteiger partial charge in [-0.3, -0.25) is 4.21 Å². The first kappa shape index (κ1) is 16.1. The smallest absolute Gasteiger partial charge is 0.0503 e. The zero-order valence-electron chi connectivity index (χ0n) is 12.1. The van der Waals surface area contributed by atoms with Crippen molar-refractivity contribution in [2.24, 2.45) is 5.92 Å². The van der Waals surface area contributed by atoms with Crippen molar-refractivity contribution in [1.29, 1.82) is 0 Å². The number of hydrogen-bond donors (Lipinski definition) is 1. The summed E-state index contributed by atoms with van der Waals surface area (Å²) in [4.78, 5) is 0. The van der Waals surface area contributed by atoms with Gasteiger partial charge in [-0.15, -0.1) is 0 Å². The van der Waals surface area contributed by atoms with Crippen LogP contribution >= 0.6 is 0 Å². The van der Waals surface area contributed by atoms with Crippen LogP contribution in [-0.4, -0.2) is 41.5 Å². The summed E-state index contributed by atoms with van der Waals surface area (Å²) in [6.07, 6.45) is 5.75. The minimum Gasteiger partial charge on any atom is -0.385 e. The van der Waals surface area contributed by atoms with Gasteiger partial charge in [-0.1, -0.05) is 20.3 Å². The molecule has 3 nitrogen and oxygen atoms in total. The SMILES string of the molecule is CCNC1CCC(CC)CC1S(=O)CCCOC. The Morgan fingerprint density at radius 3 is 2.72 bits per heavy atom. The predicted octanol–water partition coefficient (Wildman–Crippen LogP) is 2.33. The van der Waals surface area contributed by atoms with Gasteiger partial charge in [0.05, 0.1) is 5.25 Å². The molecule has 0 radical (unpaired) electrons. The van der Waals surface area contributed by atoms with Gasteiger partial charge in [0.25, 0.3) is 0 Å². The number of ether oxygens (including phenoxy) is 1. The number of methoxy groups -OCH3 is 1. The molecule has 0 amide bonds. The third kappa shape index (κ3) is 4.98. The minimum atomic E-state index is -0.704. The Morgan fingerprint density at radius 1 is 1.33 bits per heavy atom. The highest BCUT2D eigenvalue weighted by Crippen LogP contribution is 2.30. The van der Waals surface area contributed by atoms with Gasteiger partial charge < -0.3 is 10.1 Å². The molecule has 0 bridgehead atoms. The van der Waals surface area contributed by atoms with Gasteiger partial charge in [-0.2, -0.15) is 0 Å². The van der Waals surface area contributed by atoms with Gasteiger partial charge in [0, 0.05) is 36.3 Å². The van der Waals surface area contributed by atoms with Gasteiger partial charge in [0.2, 0.25) is 0 Å². The molecule has 0 aliphatic heterocycles. The van der Waals surface area contributed by atoms with Gasteiger partial charge in [0.1, 0.15) is 0 Å². The van der Waals surface area contributed by atoms with Crippen molar-refractivity contribution in [1.82, 2.24) is 5.32 Å². The average Bonchev–Trinajstić information content (AvgIpc) is 2.39. The largest absolute Gasteiger partial charge is 0.385 e. The molecule has 1 saturated carbocycles. The summed E-state index contributed by atoms with van der Waals surface area (Å²) in [6.45, 7) is 6.09. The molecule has 1 aliphatic rings. The van der Waals surface area contributed by atoms with E-state index in [1.807, 2.05) is 0 Å². The topological polar surface area (TPSA) is 38.3 Å². The van der Waals surface area contributed by atoms with Crippen molar-refractivity contribution in [3.63, 3.8) is 0 Å². The van der Waals surface area contributed by atoms with Crippen LogP contribution in [0.3, 0.4) is 0 Å². The lowest BCUT2D eigenvalue weighted by Gasteiger charge is -2.35. The van der Waals surface area contributed by atoms with E-state index in [0.29, 0.717) is 11.3 Å². The monoisotopic (exact) mass is 275 g/mol. The van der Waals surface area contributed by atoms with Crippen LogP contribution in [0, 0.1) is 5.92 Å². The average molecular weight is 275 g/mol. The Balaban J connectivity index is 2.51. The zero-order chi connectivity index (χ0) is 13.4. The lowest BCUT2D eigenvalue weighted by Crippen LogP contribution is -2.46. The summed E-state index contributed by atoms with van der Waals surface area (Å²) >= 11 is 0. The fourth-order valence-electron chi connectivity index (χ4n) is 2.87. The van der Waals surface area contributed by atoms with Crippen LogP contribution in [0.4, 0.5) is 0 Å². The lowest BCUT2D eigenvalue weighted by molar-refractivity contribution is 0.199. The highest BCUT2D eigenvalue weighted by atomic mass is 32.2. The standard InChI is InChI=1S/C14H29NO2S/c1-4-12-7-8-13(15-5-2)14(11-12)18(16)10-6-9-17-3/h12-15H,4-11H2,1-3H3. The van der Waals surface area contributed by atoms with Crippen LogP contribution < -0.4 is 5.32 Å². The van der Waals surface area contributed by atoms with Crippen molar-refractivity contribution in [3.05, 3.63) is 0 Å². The quantitative estimate of drug-likeness (QED) is 0.691. The summed E-state index contributed by atoms with van der Waals surface area (Å²) in [5, 5.41) is 3.87. The van der Waals surface area contributed by atoms with E-state index in [1.54, 1.807) is 7.11 Å². The third-order valence-electron chi connectivity index (χ3n) is 3.98. The molecule has 1 N–H and O–H groups in total. The molecule has 0 aromatic carbocycles. The fraction of sp³-hybridized carbons (Fsp3) is 1.00. The molecule has 108 valence electrons. The number of rotatable bonds is 8. The Bertz CT molecular complexity index is 248. The van der Waals surface area contributed by atoms with Crippen molar-refractivity contribution in [2.45, 2.75) is 57.2 Å². The van der Waals surface area contributed by atoms with Crippen molar-refractivity contribution >= 4 is 10.8 Å². The van der Waals surface area contributed by atoms with Gasteiger partial charge in [-0.05, 0) is 38.1 Å². The van der Waals surface area contributed by atoms with Crippen LogP contribution in [0.2, 0.25) is 0 Å². The molecule has 0 heterocycles. The van der Waals surface area contributed by atoms with Crippen LogP contribution in [0.15, 0.2) is 0 Å². The van der Waals surface area contributed by atoms with Gasteiger partial charge in [-0.25, -0.2) is 0 Å². The molecular weight excluding hydrogens is 246 g/mol. The van der Waals surface area contributed by atoms with Crippen molar-refractivity contribution < 1.29 is 8.95 Å². The first-order valence-corrected chi connectivity index (χ1v) is 8.70. The van der Waals surface area contributed by atoms with E-state index in [1.165, 1.54) is 19.3 Å². The van der Waals surface area contributed by atoms with Crippen LogP contribution in [0.25, 0.3) is 0 Å². The van der Waals surface area contributed by atoms with E-state index < -0.39 is 10.8 Å². The molecule has 4 unspecified atom stereocenters. The molecule has 0 aromatic rings. The number of hydrogen-bond acceptors (Lipinski definition) is 3. The second kappa shape index (κ2) is 9.05. The molecule has 18 heavy (non-hydrogen) atoms. The van der Waals surface area contributed by atoms with Crippen LogP contribution in [-0.2, 0) is 15.5 Å². The van der Waals surface area contributed by atoms with E-state index in [4.69, 9.17) is 4.74 Å². The normalized spacial score (nSPS) is 30.3. The van der Waals surface area contributed by atoms with Gasteiger partial charge >= 0.3 is 0 Å². The van der Waals surface area contributed by atoms with Crippen molar-refractivity contribution in [2.75, 3.05) is 26.0 Å². The summed E-state index contributed by atoms with van der Waals surface area (Å²) < 4.78 is 17.5. The minimum absolute atomic E-state index is 0.348. The highest BCUT2D eigenvalue weighted by molar-refractivity contribution is 7.85. The molecule has 1 fully saturated rings. The van der Waals surface area contributed by atoms with E-state index in [2.05, 4.69) is 19.2 Å². The summed E-state index contributed by atoms with van der Waals surface area (Å²) in [5.74, 6) is 1.56. The maximum Gasteiger partial charge on any atom is 0.0503 e. The molecule has 4 heteroatoms. The lowest BCUT2D eigenvalue weighted by atomic mass is 9.84. The molecule has 1 rings (SSSR count). The molecule has 0 saturated heterocycles. The van der Waals surface area contributed by atoms with Crippen LogP contribution in [0.5, 0.6) is 0 Å². The Labute approximate surface area is 115 Å².